The second-order valence-corrected chi connectivity index (χ2v) is 8.72. The van der Waals surface area contributed by atoms with Crippen LogP contribution in [-0.2, 0) is 19.0 Å². The number of benzene rings is 2. The fourth-order valence-electron chi connectivity index (χ4n) is 4.45. The van der Waals surface area contributed by atoms with Gasteiger partial charge in [-0.2, -0.15) is 13.2 Å². The zero-order valence-electron chi connectivity index (χ0n) is 18.9. The highest BCUT2D eigenvalue weighted by Crippen LogP contribution is 2.33. The Morgan fingerprint density at radius 3 is 2.45 bits per heavy atom. The minimum Gasteiger partial charge on any atom is -0.478 e. The Bertz CT molecular complexity index is 980. The SMILES string of the molecule is CC(=NCCC1CCCCC1)Nc1cc(C(=O)O)ccc1CCc1ccccc1C(F)(F)F. The Balaban J connectivity index is 1.72. The van der Waals surface area contributed by atoms with Crippen LogP contribution in [0, 0.1) is 5.92 Å². The number of hydrogen-bond donors (Lipinski definition) is 2. The number of carboxylic acid groups (broad SMARTS) is 1. The van der Waals surface area contributed by atoms with Crippen molar-refractivity contribution in [3.8, 4) is 0 Å². The summed E-state index contributed by atoms with van der Waals surface area (Å²) >= 11 is 0. The normalized spacial score (nSPS) is 15.5. The second kappa shape index (κ2) is 11.3. The first-order valence-corrected chi connectivity index (χ1v) is 11.5. The summed E-state index contributed by atoms with van der Waals surface area (Å²) < 4.78 is 40.0. The van der Waals surface area contributed by atoms with E-state index in [1.54, 1.807) is 12.1 Å². The van der Waals surface area contributed by atoms with Gasteiger partial charge in [0.05, 0.1) is 17.0 Å². The van der Waals surface area contributed by atoms with E-state index in [1.807, 2.05) is 6.92 Å². The molecule has 2 aromatic carbocycles. The van der Waals surface area contributed by atoms with Gasteiger partial charge in [-0.05, 0) is 61.4 Å². The number of halogens is 3. The summed E-state index contributed by atoms with van der Waals surface area (Å²) in [5, 5.41) is 12.6. The van der Waals surface area contributed by atoms with Crippen LogP contribution < -0.4 is 5.32 Å². The van der Waals surface area contributed by atoms with E-state index in [2.05, 4.69) is 10.3 Å². The van der Waals surface area contributed by atoms with Crippen molar-refractivity contribution in [2.75, 3.05) is 11.9 Å². The first-order chi connectivity index (χ1) is 15.7. The number of anilines is 1. The molecule has 3 rings (SSSR count). The zero-order chi connectivity index (χ0) is 23.8. The highest BCUT2D eigenvalue weighted by molar-refractivity contribution is 5.96. The van der Waals surface area contributed by atoms with Crippen LogP contribution in [0.3, 0.4) is 0 Å². The molecule has 1 fully saturated rings. The number of aryl methyl sites for hydroxylation is 2. The van der Waals surface area contributed by atoms with Gasteiger partial charge in [-0.25, -0.2) is 4.79 Å². The molecule has 0 aliphatic heterocycles. The molecular formula is C26H31F3N2O2. The average Bonchev–Trinajstić information content (AvgIpc) is 2.78. The van der Waals surface area contributed by atoms with Crippen molar-refractivity contribution in [1.82, 2.24) is 0 Å². The summed E-state index contributed by atoms with van der Waals surface area (Å²) in [5.74, 6) is 0.332. The molecule has 1 aliphatic carbocycles. The predicted molar refractivity (Wildman–Crippen MR) is 125 cm³/mol. The third-order valence-electron chi connectivity index (χ3n) is 6.27. The zero-order valence-corrected chi connectivity index (χ0v) is 18.9. The van der Waals surface area contributed by atoms with Crippen molar-refractivity contribution in [1.29, 1.82) is 0 Å². The molecule has 7 heteroatoms. The van der Waals surface area contributed by atoms with Crippen LogP contribution in [0.2, 0.25) is 0 Å². The van der Waals surface area contributed by atoms with Gasteiger partial charge in [0.1, 0.15) is 0 Å². The Labute approximate surface area is 192 Å². The first-order valence-electron chi connectivity index (χ1n) is 11.5. The standard InChI is InChI=1S/C26H31F3N2O2/c1-18(30-16-15-19-7-3-2-4-8-19)31-24-17-22(25(32)33)14-13-21(24)12-11-20-9-5-6-10-23(20)26(27,28)29/h5-6,9-10,13-14,17,19H,2-4,7-8,11-12,15-16H2,1H3,(H,30,31)(H,32,33). The average molecular weight is 461 g/mol. The lowest BCUT2D eigenvalue weighted by Gasteiger charge is -2.20. The molecule has 1 saturated carbocycles. The van der Waals surface area contributed by atoms with Crippen molar-refractivity contribution < 1.29 is 23.1 Å². The third-order valence-corrected chi connectivity index (χ3v) is 6.27. The van der Waals surface area contributed by atoms with Crippen LogP contribution in [0.1, 0.15) is 72.5 Å². The second-order valence-electron chi connectivity index (χ2n) is 8.72. The maximum atomic E-state index is 13.3. The quantitative estimate of drug-likeness (QED) is 0.330. The van der Waals surface area contributed by atoms with E-state index >= 15 is 0 Å². The molecular weight excluding hydrogens is 429 g/mol. The van der Waals surface area contributed by atoms with Crippen LogP contribution in [0.25, 0.3) is 0 Å². The van der Waals surface area contributed by atoms with Crippen molar-refractivity contribution in [2.45, 2.75) is 64.5 Å². The molecule has 2 N–H and O–H groups in total. The number of aromatic carboxylic acids is 1. The summed E-state index contributed by atoms with van der Waals surface area (Å²) in [4.78, 5) is 16.1. The number of aliphatic imine (C=N–C) groups is 1. The molecule has 178 valence electrons. The first kappa shape index (κ1) is 24.8. The summed E-state index contributed by atoms with van der Waals surface area (Å²) in [6.07, 6.45) is 3.55. The summed E-state index contributed by atoms with van der Waals surface area (Å²) in [5.41, 5.74) is 1.02. The van der Waals surface area contributed by atoms with Crippen molar-refractivity contribution in [2.24, 2.45) is 10.9 Å². The highest BCUT2D eigenvalue weighted by atomic mass is 19.4. The van der Waals surface area contributed by atoms with Crippen LogP contribution in [0.5, 0.6) is 0 Å². The van der Waals surface area contributed by atoms with Crippen LogP contribution in [0.4, 0.5) is 18.9 Å². The van der Waals surface area contributed by atoms with Gasteiger partial charge in [-0.15, -0.1) is 0 Å². The number of amidine groups is 1. The van der Waals surface area contributed by atoms with Gasteiger partial charge in [0, 0.05) is 12.2 Å². The van der Waals surface area contributed by atoms with E-state index in [4.69, 9.17) is 0 Å². The number of carbonyl (C=O) groups is 1. The van der Waals surface area contributed by atoms with Crippen molar-refractivity contribution in [3.63, 3.8) is 0 Å². The molecule has 0 amide bonds. The Morgan fingerprint density at radius 1 is 1.06 bits per heavy atom. The highest BCUT2D eigenvalue weighted by Gasteiger charge is 2.32. The summed E-state index contributed by atoms with van der Waals surface area (Å²) in [6, 6.07) is 10.2. The molecule has 0 bridgehead atoms. The van der Waals surface area contributed by atoms with E-state index < -0.39 is 17.7 Å². The third kappa shape index (κ3) is 7.34. The lowest BCUT2D eigenvalue weighted by atomic mass is 9.87. The van der Waals surface area contributed by atoms with Gasteiger partial charge >= 0.3 is 12.1 Å². The minimum absolute atomic E-state index is 0.118. The number of nitrogens with zero attached hydrogens (tertiary/aromatic N) is 1. The molecule has 0 radical (unpaired) electrons. The molecule has 0 unspecified atom stereocenters. The molecule has 4 nitrogen and oxygen atoms in total. The van der Waals surface area contributed by atoms with Crippen LogP contribution in [0.15, 0.2) is 47.5 Å². The van der Waals surface area contributed by atoms with E-state index in [-0.39, 0.29) is 17.5 Å². The lowest BCUT2D eigenvalue weighted by molar-refractivity contribution is -0.138. The van der Waals surface area contributed by atoms with Gasteiger partial charge in [-0.1, -0.05) is 56.4 Å². The number of nitrogens with one attached hydrogen (secondary N) is 1. The largest absolute Gasteiger partial charge is 0.478 e. The van der Waals surface area contributed by atoms with Crippen LogP contribution >= 0.6 is 0 Å². The van der Waals surface area contributed by atoms with Gasteiger partial charge < -0.3 is 10.4 Å². The molecule has 0 atom stereocenters. The maximum Gasteiger partial charge on any atom is 0.416 e. The van der Waals surface area contributed by atoms with Gasteiger partial charge in [0.2, 0.25) is 0 Å². The van der Waals surface area contributed by atoms with E-state index in [0.717, 1.165) is 24.0 Å². The molecule has 0 spiro atoms. The Kier molecular flexibility index (Phi) is 8.53. The van der Waals surface area contributed by atoms with E-state index in [0.29, 0.717) is 24.5 Å². The summed E-state index contributed by atoms with van der Waals surface area (Å²) in [6.45, 7) is 2.54. The molecule has 1 aliphatic rings. The van der Waals surface area contributed by atoms with Gasteiger partial charge in [0.25, 0.3) is 0 Å². The maximum absolute atomic E-state index is 13.3. The van der Waals surface area contributed by atoms with Gasteiger partial charge in [0.15, 0.2) is 0 Å². The molecule has 0 aromatic heterocycles. The fourth-order valence-corrected chi connectivity index (χ4v) is 4.45. The van der Waals surface area contributed by atoms with Crippen LogP contribution in [-0.4, -0.2) is 23.5 Å². The number of hydrogen-bond acceptors (Lipinski definition) is 2. The fraction of sp³-hybridized carbons (Fsp3) is 0.462. The molecule has 0 saturated heterocycles. The smallest absolute Gasteiger partial charge is 0.416 e. The minimum atomic E-state index is -4.41. The molecule has 2 aromatic rings. The lowest BCUT2D eigenvalue weighted by Crippen LogP contribution is -2.14. The van der Waals surface area contributed by atoms with Crippen molar-refractivity contribution >= 4 is 17.5 Å². The predicted octanol–water partition coefficient (Wildman–Crippen LogP) is 6.99. The summed E-state index contributed by atoms with van der Waals surface area (Å²) in [7, 11) is 0. The van der Waals surface area contributed by atoms with Crippen molar-refractivity contribution in [3.05, 3.63) is 64.7 Å². The van der Waals surface area contributed by atoms with E-state index in [9.17, 15) is 23.1 Å². The van der Waals surface area contributed by atoms with Gasteiger partial charge in [-0.3, -0.25) is 4.99 Å². The number of alkyl halides is 3. The molecule has 33 heavy (non-hydrogen) atoms. The molecule has 0 heterocycles. The Hall–Kier alpha value is -2.83. The monoisotopic (exact) mass is 460 g/mol. The Morgan fingerprint density at radius 2 is 1.76 bits per heavy atom. The number of carboxylic acids is 1. The number of rotatable bonds is 8. The van der Waals surface area contributed by atoms with E-state index in [1.165, 1.54) is 56.4 Å². The topological polar surface area (TPSA) is 61.7 Å².